The smallest absolute Gasteiger partial charge is 0.129 e. The Labute approximate surface area is 127 Å². The number of nitrogens with zero attached hydrogens (tertiary/aromatic N) is 2. The molecule has 2 heterocycles. The Kier molecular flexibility index (Phi) is 4.24. The fourth-order valence-electron chi connectivity index (χ4n) is 2.55. The first-order chi connectivity index (χ1) is 10.1. The molecule has 1 aromatic heterocycles. The number of morpholine rings is 1. The van der Waals surface area contributed by atoms with E-state index < -0.39 is 0 Å². The second kappa shape index (κ2) is 6.13. The highest BCUT2D eigenvalue weighted by Gasteiger charge is 2.27. The van der Waals surface area contributed by atoms with Crippen LogP contribution in [0.5, 0.6) is 0 Å². The van der Waals surface area contributed by atoms with Gasteiger partial charge in [-0.3, -0.25) is 4.90 Å². The zero-order chi connectivity index (χ0) is 14.8. The summed E-state index contributed by atoms with van der Waals surface area (Å²) >= 11 is 5.80. The van der Waals surface area contributed by atoms with Crippen molar-refractivity contribution in [2.75, 3.05) is 19.8 Å². The van der Waals surface area contributed by atoms with Crippen molar-refractivity contribution in [2.45, 2.75) is 19.5 Å². The number of H-pyrrole nitrogens is 1. The Hall–Kier alpha value is -1.43. The SMILES string of the molecule is Cc1cnc([C@@H]2COCCN2Cc2ccc(Cl)cc2F)[nH]1. The van der Waals surface area contributed by atoms with Crippen LogP contribution >= 0.6 is 11.6 Å². The van der Waals surface area contributed by atoms with Crippen LogP contribution in [0.4, 0.5) is 4.39 Å². The average molecular weight is 310 g/mol. The van der Waals surface area contributed by atoms with E-state index in [4.69, 9.17) is 16.3 Å². The summed E-state index contributed by atoms with van der Waals surface area (Å²) in [5.74, 6) is 0.588. The summed E-state index contributed by atoms with van der Waals surface area (Å²) in [7, 11) is 0. The van der Waals surface area contributed by atoms with Crippen molar-refractivity contribution in [3.8, 4) is 0 Å². The number of aryl methyl sites for hydroxylation is 1. The van der Waals surface area contributed by atoms with Gasteiger partial charge in [0.2, 0.25) is 0 Å². The summed E-state index contributed by atoms with van der Waals surface area (Å²) in [6, 6.07) is 4.82. The summed E-state index contributed by atoms with van der Waals surface area (Å²) in [5, 5.41) is 0.413. The van der Waals surface area contributed by atoms with Crippen LogP contribution in [0, 0.1) is 12.7 Å². The van der Waals surface area contributed by atoms with Crippen molar-refractivity contribution in [2.24, 2.45) is 0 Å². The molecule has 0 spiro atoms. The number of hydrogen-bond acceptors (Lipinski definition) is 3. The number of rotatable bonds is 3. The van der Waals surface area contributed by atoms with E-state index in [1.807, 2.05) is 6.92 Å². The van der Waals surface area contributed by atoms with E-state index in [1.54, 1.807) is 18.3 Å². The molecule has 1 aromatic carbocycles. The van der Waals surface area contributed by atoms with Crippen molar-refractivity contribution in [1.29, 1.82) is 0 Å². The molecule has 21 heavy (non-hydrogen) atoms. The fourth-order valence-corrected chi connectivity index (χ4v) is 2.71. The summed E-state index contributed by atoms with van der Waals surface area (Å²) in [4.78, 5) is 9.79. The van der Waals surface area contributed by atoms with Crippen LogP contribution in [0.3, 0.4) is 0 Å². The van der Waals surface area contributed by atoms with Crippen molar-refractivity contribution < 1.29 is 9.13 Å². The lowest BCUT2D eigenvalue weighted by Gasteiger charge is -2.34. The minimum absolute atomic E-state index is 0.0162. The van der Waals surface area contributed by atoms with Crippen molar-refractivity contribution in [1.82, 2.24) is 14.9 Å². The topological polar surface area (TPSA) is 41.1 Å². The molecule has 0 aliphatic carbocycles. The van der Waals surface area contributed by atoms with Gasteiger partial charge in [0, 0.05) is 35.6 Å². The number of halogens is 2. The third kappa shape index (κ3) is 3.26. The van der Waals surface area contributed by atoms with Crippen molar-refractivity contribution in [3.05, 3.63) is 52.3 Å². The van der Waals surface area contributed by atoms with Gasteiger partial charge in [-0.15, -0.1) is 0 Å². The van der Waals surface area contributed by atoms with Crippen LogP contribution in [0.15, 0.2) is 24.4 Å². The predicted molar refractivity (Wildman–Crippen MR) is 78.7 cm³/mol. The van der Waals surface area contributed by atoms with E-state index in [0.29, 0.717) is 30.3 Å². The summed E-state index contributed by atoms with van der Waals surface area (Å²) in [6.45, 7) is 4.42. The van der Waals surface area contributed by atoms with Crippen molar-refractivity contribution in [3.63, 3.8) is 0 Å². The molecular weight excluding hydrogens is 293 g/mol. The van der Waals surface area contributed by atoms with E-state index in [2.05, 4.69) is 14.9 Å². The van der Waals surface area contributed by atoms with Crippen LogP contribution in [0.2, 0.25) is 5.02 Å². The van der Waals surface area contributed by atoms with E-state index in [9.17, 15) is 4.39 Å². The van der Waals surface area contributed by atoms with Gasteiger partial charge in [0.05, 0.1) is 19.3 Å². The molecule has 1 aliphatic heterocycles. The number of aromatic amines is 1. The fraction of sp³-hybridized carbons (Fsp3) is 0.400. The first-order valence-corrected chi connectivity index (χ1v) is 7.28. The molecule has 4 nitrogen and oxygen atoms in total. The van der Waals surface area contributed by atoms with E-state index in [0.717, 1.165) is 18.1 Å². The second-order valence-electron chi connectivity index (χ2n) is 5.25. The average Bonchev–Trinajstić information content (AvgIpc) is 2.89. The monoisotopic (exact) mass is 309 g/mol. The second-order valence-corrected chi connectivity index (χ2v) is 5.68. The summed E-state index contributed by atoms with van der Waals surface area (Å²) < 4.78 is 19.5. The molecule has 0 bridgehead atoms. The van der Waals surface area contributed by atoms with Crippen LogP contribution in [0.1, 0.15) is 23.1 Å². The molecule has 1 atom stereocenters. The standard InChI is InChI=1S/C15H17ClFN3O/c1-10-7-18-15(19-10)14-9-21-5-4-20(14)8-11-2-3-12(16)6-13(11)17/h2-3,6-7,14H,4-5,8-9H2,1H3,(H,18,19)/t14-/m0/s1. The zero-order valence-electron chi connectivity index (χ0n) is 11.8. The Morgan fingerprint density at radius 1 is 1.52 bits per heavy atom. The molecule has 0 saturated carbocycles. The third-order valence-corrected chi connectivity index (χ3v) is 3.90. The quantitative estimate of drug-likeness (QED) is 0.947. The van der Waals surface area contributed by atoms with Crippen molar-refractivity contribution >= 4 is 11.6 Å². The van der Waals surface area contributed by atoms with E-state index in [-0.39, 0.29) is 11.9 Å². The Bertz CT molecular complexity index is 631. The molecule has 2 aromatic rings. The number of imidazole rings is 1. The molecule has 6 heteroatoms. The van der Waals surface area contributed by atoms with Gasteiger partial charge < -0.3 is 9.72 Å². The summed E-state index contributed by atoms with van der Waals surface area (Å²) in [6.07, 6.45) is 1.80. The predicted octanol–water partition coefficient (Wildman–Crippen LogP) is 3.08. The first-order valence-electron chi connectivity index (χ1n) is 6.90. The van der Waals surface area contributed by atoms with Gasteiger partial charge >= 0.3 is 0 Å². The minimum atomic E-state index is -0.275. The molecule has 0 unspecified atom stereocenters. The zero-order valence-corrected chi connectivity index (χ0v) is 12.5. The maximum absolute atomic E-state index is 14.0. The lowest BCUT2D eigenvalue weighted by Crippen LogP contribution is -2.39. The van der Waals surface area contributed by atoms with E-state index in [1.165, 1.54) is 6.07 Å². The normalized spacial score (nSPS) is 19.9. The van der Waals surface area contributed by atoms with Gasteiger partial charge in [-0.2, -0.15) is 0 Å². The lowest BCUT2D eigenvalue weighted by molar-refractivity contribution is -0.0160. The van der Waals surface area contributed by atoms with Crippen LogP contribution in [0.25, 0.3) is 0 Å². The third-order valence-electron chi connectivity index (χ3n) is 3.67. The maximum atomic E-state index is 14.0. The van der Waals surface area contributed by atoms with Gasteiger partial charge in [-0.05, 0) is 19.1 Å². The highest BCUT2D eigenvalue weighted by Crippen LogP contribution is 2.25. The maximum Gasteiger partial charge on any atom is 0.129 e. The highest BCUT2D eigenvalue weighted by atomic mass is 35.5. The number of nitrogens with one attached hydrogen (secondary N) is 1. The van der Waals surface area contributed by atoms with Crippen LogP contribution in [-0.2, 0) is 11.3 Å². The molecule has 1 aliphatic rings. The number of hydrogen-bond donors (Lipinski definition) is 1. The Morgan fingerprint density at radius 3 is 3.10 bits per heavy atom. The molecule has 1 fully saturated rings. The number of benzene rings is 1. The van der Waals surface area contributed by atoms with Gasteiger partial charge in [-0.1, -0.05) is 17.7 Å². The lowest BCUT2D eigenvalue weighted by atomic mass is 10.1. The Balaban J connectivity index is 1.81. The molecule has 0 amide bonds. The number of ether oxygens (including phenoxy) is 1. The van der Waals surface area contributed by atoms with Crippen LogP contribution < -0.4 is 0 Å². The highest BCUT2D eigenvalue weighted by molar-refractivity contribution is 6.30. The molecule has 1 saturated heterocycles. The summed E-state index contributed by atoms with van der Waals surface area (Å²) in [5.41, 5.74) is 1.64. The largest absolute Gasteiger partial charge is 0.378 e. The first kappa shape index (κ1) is 14.5. The molecule has 3 rings (SSSR count). The minimum Gasteiger partial charge on any atom is -0.378 e. The molecule has 0 radical (unpaired) electrons. The van der Waals surface area contributed by atoms with Crippen LogP contribution in [-0.4, -0.2) is 34.6 Å². The Morgan fingerprint density at radius 2 is 2.38 bits per heavy atom. The van der Waals surface area contributed by atoms with Gasteiger partial charge in [0.15, 0.2) is 0 Å². The molecular formula is C15H17ClFN3O. The molecule has 1 N–H and O–H groups in total. The van der Waals surface area contributed by atoms with E-state index >= 15 is 0 Å². The van der Waals surface area contributed by atoms with Gasteiger partial charge in [0.1, 0.15) is 11.6 Å². The van der Waals surface area contributed by atoms with Gasteiger partial charge in [-0.25, -0.2) is 9.37 Å². The molecule has 112 valence electrons. The van der Waals surface area contributed by atoms with Gasteiger partial charge in [0.25, 0.3) is 0 Å². The number of aromatic nitrogens is 2.